The Bertz CT molecular complexity index is 994. The highest BCUT2D eigenvalue weighted by atomic mass is 19.1. The third-order valence-electron chi connectivity index (χ3n) is 5.04. The Balaban J connectivity index is 1.70. The molecular formula is C20H22FN5O2. The molecule has 0 atom stereocenters. The molecule has 7 nitrogen and oxygen atoms in total. The van der Waals surface area contributed by atoms with Crippen molar-refractivity contribution in [2.75, 3.05) is 20.2 Å². The SMILES string of the molecule is COc1ccc(-n2c(CN)nc3cc(C(=O)N4CCC(F)CC4)cnc32)cc1. The lowest BCUT2D eigenvalue weighted by molar-refractivity contribution is 0.0666. The number of methoxy groups -OCH3 is 1. The lowest BCUT2D eigenvalue weighted by atomic mass is 10.1. The number of hydrogen-bond donors (Lipinski definition) is 1. The van der Waals surface area contributed by atoms with Crippen molar-refractivity contribution in [3.8, 4) is 11.4 Å². The summed E-state index contributed by atoms with van der Waals surface area (Å²) in [5.41, 5.74) is 8.43. The summed E-state index contributed by atoms with van der Waals surface area (Å²) in [5, 5.41) is 0. The summed E-state index contributed by atoms with van der Waals surface area (Å²) < 4.78 is 20.4. The number of imidazole rings is 1. The van der Waals surface area contributed by atoms with E-state index in [9.17, 15) is 9.18 Å². The van der Waals surface area contributed by atoms with E-state index in [2.05, 4.69) is 9.97 Å². The maximum absolute atomic E-state index is 13.3. The van der Waals surface area contributed by atoms with E-state index >= 15 is 0 Å². The topological polar surface area (TPSA) is 86.3 Å². The predicted molar refractivity (Wildman–Crippen MR) is 103 cm³/mol. The highest BCUT2D eigenvalue weighted by Crippen LogP contribution is 2.24. The predicted octanol–water partition coefficient (Wildman–Crippen LogP) is 2.46. The molecule has 0 radical (unpaired) electrons. The molecule has 146 valence electrons. The number of rotatable bonds is 4. The molecule has 1 aliphatic rings. The molecule has 3 heterocycles. The van der Waals surface area contributed by atoms with E-state index in [-0.39, 0.29) is 12.5 Å². The second-order valence-corrected chi connectivity index (χ2v) is 6.80. The minimum absolute atomic E-state index is 0.144. The Morgan fingerprint density at radius 3 is 2.64 bits per heavy atom. The van der Waals surface area contributed by atoms with Crippen molar-refractivity contribution in [2.45, 2.75) is 25.6 Å². The standard InChI is InChI=1S/C20H22FN5O2/c1-28-16-4-2-15(3-5-16)26-18(11-22)24-17-10-13(12-23-19(17)26)20(27)25-8-6-14(21)7-9-25/h2-5,10,12,14H,6-9,11,22H2,1H3. The van der Waals surface area contributed by atoms with Crippen LogP contribution in [0.2, 0.25) is 0 Å². The van der Waals surface area contributed by atoms with Crippen LogP contribution in [0.3, 0.4) is 0 Å². The van der Waals surface area contributed by atoms with Crippen LogP contribution in [0.4, 0.5) is 4.39 Å². The normalized spacial score (nSPS) is 15.2. The molecule has 1 amide bonds. The third kappa shape index (κ3) is 3.31. The Hall–Kier alpha value is -3.00. The summed E-state index contributed by atoms with van der Waals surface area (Å²) >= 11 is 0. The van der Waals surface area contributed by atoms with Crippen LogP contribution in [-0.4, -0.2) is 51.7 Å². The quantitative estimate of drug-likeness (QED) is 0.748. The molecule has 0 spiro atoms. The van der Waals surface area contributed by atoms with E-state index in [1.165, 1.54) is 0 Å². The fraction of sp³-hybridized carbons (Fsp3) is 0.350. The van der Waals surface area contributed by atoms with Gasteiger partial charge in [0.05, 0.1) is 19.2 Å². The first kappa shape index (κ1) is 18.4. The lowest BCUT2D eigenvalue weighted by Gasteiger charge is -2.28. The van der Waals surface area contributed by atoms with Gasteiger partial charge in [-0.25, -0.2) is 14.4 Å². The van der Waals surface area contributed by atoms with Crippen molar-refractivity contribution < 1.29 is 13.9 Å². The molecule has 0 aliphatic carbocycles. The minimum Gasteiger partial charge on any atom is -0.497 e. The zero-order valence-electron chi connectivity index (χ0n) is 15.6. The van der Waals surface area contributed by atoms with Crippen LogP contribution < -0.4 is 10.5 Å². The minimum atomic E-state index is -0.822. The number of benzene rings is 1. The summed E-state index contributed by atoms with van der Waals surface area (Å²) in [5.74, 6) is 1.26. The molecule has 1 aliphatic heterocycles. The molecule has 28 heavy (non-hydrogen) atoms. The zero-order chi connectivity index (χ0) is 19.7. The van der Waals surface area contributed by atoms with Gasteiger partial charge in [0.2, 0.25) is 0 Å². The zero-order valence-corrected chi connectivity index (χ0v) is 15.6. The van der Waals surface area contributed by atoms with Crippen molar-refractivity contribution >= 4 is 17.1 Å². The van der Waals surface area contributed by atoms with Crippen LogP contribution >= 0.6 is 0 Å². The summed E-state index contributed by atoms with van der Waals surface area (Å²) in [7, 11) is 1.61. The van der Waals surface area contributed by atoms with E-state index in [0.29, 0.717) is 48.5 Å². The number of pyridine rings is 1. The maximum Gasteiger partial charge on any atom is 0.255 e. The number of ether oxygens (including phenoxy) is 1. The highest BCUT2D eigenvalue weighted by Gasteiger charge is 2.24. The van der Waals surface area contributed by atoms with Crippen LogP contribution in [0.25, 0.3) is 16.9 Å². The Kier molecular flexibility index (Phi) is 4.95. The van der Waals surface area contributed by atoms with E-state index in [0.717, 1.165) is 11.4 Å². The first-order valence-electron chi connectivity index (χ1n) is 9.26. The Morgan fingerprint density at radius 1 is 1.29 bits per heavy atom. The number of likely N-dealkylation sites (tertiary alicyclic amines) is 1. The van der Waals surface area contributed by atoms with Crippen LogP contribution in [0.15, 0.2) is 36.5 Å². The van der Waals surface area contributed by atoms with Gasteiger partial charge in [-0.15, -0.1) is 0 Å². The molecule has 8 heteroatoms. The van der Waals surface area contributed by atoms with E-state index in [1.54, 1.807) is 24.3 Å². The third-order valence-corrected chi connectivity index (χ3v) is 5.04. The number of carbonyl (C=O) groups is 1. The van der Waals surface area contributed by atoms with Crippen LogP contribution in [0.5, 0.6) is 5.75 Å². The summed E-state index contributed by atoms with van der Waals surface area (Å²) in [6.07, 6.45) is 1.49. The van der Waals surface area contributed by atoms with Gasteiger partial charge in [0, 0.05) is 25.0 Å². The number of alkyl halides is 1. The number of aromatic nitrogens is 3. The number of hydrogen-bond acceptors (Lipinski definition) is 5. The first-order valence-corrected chi connectivity index (χ1v) is 9.26. The average Bonchev–Trinajstić information content (AvgIpc) is 3.11. The molecule has 4 rings (SSSR count). The van der Waals surface area contributed by atoms with Gasteiger partial charge in [-0.2, -0.15) is 0 Å². The molecule has 0 saturated carbocycles. The Labute approximate surface area is 161 Å². The molecule has 1 aromatic carbocycles. The maximum atomic E-state index is 13.3. The molecule has 0 bridgehead atoms. The van der Waals surface area contributed by atoms with E-state index in [4.69, 9.17) is 10.5 Å². The largest absolute Gasteiger partial charge is 0.497 e. The molecule has 1 fully saturated rings. The molecule has 2 aromatic heterocycles. The summed E-state index contributed by atoms with van der Waals surface area (Å²) in [6.45, 7) is 1.08. The van der Waals surface area contributed by atoms with Gasteiger partial charge in [-0.3, -0.25) is 9.36 Å². The van der Waals surface area contributed by atoms with Crippen molar-refractivity contribution in [1.29, 1.82) is 0 Å². The van der Waals surface area contributed by atoms with Crippen molar-refractivity contribution in [3.63, 3.8) is 0 Å². The smallest absolute Gasteiger partial charge is 0.255 e. The fourth-order valence-electron chi connectivity index (χ4n) is 3.50. The summed E-state index contributed by atoms with van der Waals surface area (Å²) in [4.78, 5) is 23.5. The van der Waals surface area contributed by atoms with E-state index < -0.39 is 6.17 Å². The fourth-order valence-corrected chi connectivity index (χ4v) is 3.50. The molecule has 3 aromatic rings. The van der Waals surface area contributed by atoms with Gasteiger partial charge in [0.1, 0.15) is 23.3 Å². The summed E-state index contributed by atoms with van der Waals surface area (Å²) in [6, 6.07) is 9.25. The van der Waals surface area contributed by atoms with Gasteiger partial charge >= 0.3 is 0 Å². The number of carbonyl (C=O) groups excluding carboxylic acids is 1. The molecule has 2 N–H and O–H groups in total. The number of piperidine rings is 1. The average molecular weight is 383 g/mol. The van der Waals surface area contributed by atoms with Crippen molar-refractivity contribution in [1.82, 2.24) is 19.4 Å². The van der Waals surface area contributed by atoms with Crippen molar-refractivity contribution in [3.05, 3.63) is 47.9 Å². The highest BCUT2D eigenvalue weighted by molar-refractivity contribution is 5.96. The lowest BCUT2D eigenvalue weighted by Crippen LogP contribution is -2.39. The van der Waals surface area contributed by atoms with E-state index in [1.807, 2.05) is 28.8 Å². The van der Waals surface area contributed by atoms with Crippen LogP contribution in [-0.2, 0) is 6.54 Å². The molecule has 0 unspecified atom stereocenters. The van der Waals surface area contributed by atoms with Gasteiger partial charge < -0.3 is 15.4 Å². The van der Waals surface area contributed by atoms with Gasteiger partial charge in [0.25, 0.3) is 5.91 Å². The first-order chi connectivity index (χ1) is 13.6. The van der Waals surface area contributed by atoms with Crippen LogP contribution in [0, 0.1) is 0 Å². The monoisotopic (exact) mass is 383 g/mol. The van der Waals surface area contributed by atoms with Gasteiger partial charge in [-0.05, 0) is 43.2 Å². The van der Waals surface area contributed by atoms with Gasteiger partial charge in [-0.1, -0.05) is 0 Å². The van der Waals surface area contributed by atoms with Crippen molar-refractivity contribution in [2.24, 2.45) is 5.73 Å². The van der Waals surface area contributed by atoms with Crippen LogP contribution in [0.1, 0.15) is 29.0 Å². The second-order valence-electron chi connectivity index (χ2n) is 6.80. The molecular weight excluding hydrogens is 361 g/mol. The Morgan fingerprint density at radius 2 is 2.00 bits per heavy atom. The number of nitrogens with two attached hydrogens (primary N) is 1. The number of halogens is 1. The van der Waals surface area contributed by atoms with Gasteiger partial charge in [0.15, 0.2) is 5.65 Å². The second kappa shape index (κ2) is 7.55. The number of nitrogens with zero attached hydrogens (tertiary/aromatic N) is 4. The molecule has 1 saturated heterocycles. The number of fused-ring (bicyclic) bond motifs is 1. The number of amides is 1.